The van der Waals surface area contributed by atoms with Gasteiger partial charge in [-0.1, -0.05) is 11.6 Å². The smallest absolute Gasteiger partial charge is 0.407 e. The summed E-state index contributed by atoms with van der Waals surface area (Å²) in [5.74, 6) is 0. The highest BCUT2D eigenvalue weighted by atomic mass is 35.5. The first kappa shape index (κ1) is 22.5. The number of carbonyl (C=O) groups excluding carboxylic acids is 1. The van der Waals surface area contributed by atoms with Crippen molar-refractivity contribution in [1.82, 2.24) is 15.3 Å². The van der Waals surface area contributed by atoms with Gasteiger partial charge >= 0.3 is 6.09 Å². The number of aromatic amines is 1. The molecule has 2 aromatic rings. The van der Waals surface area contributed by atoms with E-state index >= 15 is 0 Å². The molecule has 1 fully saturated rings. The highest BCUT2D eigenvalue weighted by Gasteiger charge is 2.27. The van der Waals surface area contributed by atoms with Gasteiger partial charge in [0.15, 0.2) is 0 Å². The summed E-state index contributed by atoms with van der Waals surface area (Å²) in [5.41, 5.74) is 1.03. The van der Waals surface area contributed by atoms with Gasteiger partial charge in [0.2, 0.25) is 0 Å². The largest absolute Gasteiger partial charge is 0.444 e. The second kappa shape index (κ2) is 8.51. The Morgan fingerprint density at radius 2 is 2.13 bits per heavy atom. The average molecular weight is 438 g/mol. The van der Waals surface area contributed by atoms with Crippen molar-refractivity contribution in [3.63, 3.8) is 0 Å². The maximum atomic E-state index is 12.2. The maximum absolute atomic E-state index is 12.2. The molecule has 9 heteroatoms. The fourth-order valence-electron chi connectivity index (χ4n) is 3.59. The van der Waals surface area contributed by atoms with Crippen LogP contribution in [0.4, 0.5) is 16.2 Å². The summed E-state index contributed by atoms with van der Waals surface area (Å²) in [6.45, 7) is 10.9. The van der Waals surface area contributed by atoms with Crippen molar-refractivity contribution in [3.8, 4) is 0 Å². The van der Waals surface area contributed by atoms with Crippen LogP contribution in [0.3, 0.4) is 0 Å². The van der Waals surface area contributed by atoms with Gasteiger partial charge in [0.25, 0.3) is 0 Å². The zero-order valence-corrected chi connectivity index (χ0v) is 19.1. The molecule has 30 heavy (non-hydrogen) atoms. The van der Waals surface area contributed by atoms with Crippen molar-refractivity contribution < 1.29 is 14.6 Å². The van der Waals surface area contributed by atoms with Gasteiger partial charge in [0.05, 0.1) is 33.6 Å². The van der Waals surface area contributed by atoms with Crippen LogP contribution in [0.25, 0.3) is 11.0 Å². The van der Waals surface area contributed by atoms with E-state index in [4.69, 9.17) is 16.3 Å². The van der Waals surface area contributed by atoms with E-state index in [1.807, 2.05) is 27.0 Å². The SMILES string of the molecule is CC(C)(O)CNc1c[nH]c2ncc(Cl)c(N3CCCC(NC(=O)OC(C)(C)C)C3)c12. The van der Waals surface area contributed by atoms with E-state index in [0.29, 0.717) is 18.1 Å². The molecule has 166 valence electrons. The summed E-state index contributed by atoms with van der Waals surface area (Å²) in [7, 11) is 0. The number of aliphatic hydroxyl groups is 1. The molecule has 1 unspecified atom stereocenters. The zero-order valence-electron chi connectivity index (χ0n) is 18.3. The first-order chi connectivity index (χ1) is 13.9. The Morgan fingerprint density at radius 1 is 1.40 bits per heavy atom. The fourth-order valence-corrected chi connectivity index (χ4v) is 3.85. The van der Waals surface area contributed by atoms with Gasteiger partial charge in [0.1, 0.15) is 11.2 Å². The third-order valence-electron chi connectivity index (χ3n) is 4.80. The van der Waals surface area contributed by atoms with Crippen LogP contribution < -0.4 is 15.5 Å². The highest BCUT2D eigenvalue weighted by molar-refractivity contribution is 6.35. The summed E-state index contributed by atoms with van der Waals surface area (Å²) >= 11 is 6.59. The molecular weight excluding hydrogens is 406 g/mol. The number of alkyl carbamates (subject to hydrolysis) is 1. The highest BCUT2D eigenvalue weighted by Crippen LogP contribution is 2.38. The molecule has 4 N–H and O–H groups in total. The number of ether oxygens (including phenoxy) is 1. The number of aromatic nitrogens is 2. The van der Waals surface area contributed by atoms with E-state index in [9.17, 15) is 9.90 Å². The molecule has 0 aromatic carbocycles. The summed E-state index contributed by atoms with van der Waals surface area (Å²) in [6, 6.07) is -0.0420. The lowest BCUT2D eigenvalue weighted by atomic mass is 10.0. The minimum Gasteiger partial charge on any atom is -0.444 e. The van der Waals surface area contributed by atoms with Crippen LogP contribution in [0.1, 0.15) is 47.5 Å². The standard InChI is InChI=1S/C21H32ClN5O3/c1-20(2,3)30-19(28)26-13-7-6-8-27(11-13)17-14(22)9-23-18-16(17)15(10-24-18)25-12-21(4,5)29/h9-10,13,25,29H,6-8,11-12H2,1-5H3,(H,23,24)(H,26,28). The molecular formula is C21H32ClN5O3. The summed E-state index contributed by atoms with van der Waals surface area (Å²) in [4.78, 5) is 22.0. The van der Waals surface area contributed by atoms with E-state index in [1.54, 1.807) is 20.0 Å². The Kier molecular flexibility index (Phi) is 6.38. The van der Waals surface area contributed by atoms with Crippen molar-refractivity contribution in [1.29, 1.82) is 0 Å². The summed E-state index contributed by atoms with van der Waals surface area (Å²) in [5, 5.41) is 17.8. The Bertz CT molecular complexity index is 900. The number of nitrogens with zero attached hydrogens (tertiary/aromatic N) is 2. The molecule has 3 heterocycles. The van der Waals surface area contributed by atoms with Crippen molar-refractivity contribution in [2.45, 2.75) is 64.7 Å². The normalized spacial score (nSPS) is 17.8. The number of nitrogens with one attached hydrogen (secondary N) is 3. The van der Waals surface area contributed by atoms with Crippen molar-refractivity contribution in [3.05, 3.63) is 17.4 Å². The van der Waals surface area contributed by atoms with Crippen LogP contribution in [-0.4, -0.2) is 58.0 Å². The summed E-state index contributed by atoms with van der Waals surface area (Å²) in [6.07, 6.45) is 4.86. The quantitative estimate of drug-likeness (QED) is 0.565. The van der Waals surface area contributed by atoms with E-state index in [0.717, 1.165) is 41.8 Å². The minimum atomic E-state index is -0.858. The van der Waals surface area contributed by atoms with E-state index in [-0.39, 0.29) is 6.04 Å². The van der Waals surface area contributed by atoms with Gasteiger partial charge in [-0.2, -0.15) is 0 Å². The van der Waals surface area contributed by atoms with Gasteiger partial charge in [-0.15, -0.1) is 0 Å². The molecule has 1 aliphatic rings. The predicted molar refractivity (Wildman–Crippen MR) is 120 cm³/mol. The molecule has 1 aliphatic heterocycles. The van der Waals surface area contributed by atoms with Gasteiger partial charge in [0, 0.05) is 31.9 Å². The molecule has 2 aromatic heterocycles. The first-order valence-electron chi connectivity index (χ1n) is 10.3. The number of fused-ring (bicyclic) bond motifs is 1. The number of rotatable bonds is 5. The third kappa shape index (κ3) is 5.70. The fraction of sp³-hybridized carbons (Fsp3) is 0.619. The second-order valence-corrected chi connectivity index (χ2v) is 9.89. The molecule has 3 rings (SSSR count). The maximum Gasteiger partial charge on any atom is 0.407 e. The van der Waals surface area contributed by atoms with E-state index < -0.39 is 17.3 Å². The number of piperidine rings is 1. The number of pyridine rings is 1. The first-order valence-corrected chi connectivity index (χ1v) is 10.7. The third-order valence-corrected chi connectivity index (χ3v) is 5.08. The molecule has 1 amide bonds. The number of halogens is 1. The van der Waals surface area contributed by atoms with E-state index in [1.165, 1.54) is 0 Å². The van der Waals surface area contributed by atoms with Crippen LogP contribution in [0.5, 0.6) is 0 Å². The average Bonchev–Trinajstić information content (AvgIpc) is 3.01. The number of anilines is 2. The molecule has 0 aliphatic carbocycles. The van der Waals surface area contributed by atoms with Crippen LogP contribution in [0.2, 0.25) is 5.02 Å². The Hall–Kier alpha value is -2.19. The minimum absolute atomic E-state index is 0.0420. The predicted octanol–water partition coefficient (Wildman–Crippen LogP) is 3.89. The number of carbonyl (C=O) groups is 1. The second-order valence-electron chi connectivity index (χ2n) is 9.48. The lowest BCUT2D eigenvalue weighted by Crippen LogP contribution is -2.49. The van der Waals surface area contributed by atoms with Gasteiger partial charge in [-0.05, 0) is 47.5 Å². The van der Waals surface area contributed by atoms with Crippen molar-refractivity contribution >= 4 is 40.1 Å². The number of amides is 1. The van der Waals surface area contributed by atoms with Crippen molar-refractivity contribution in [2.24, 2.45) is 0 Å². The van der Waals surface area contributed by atoms with E-state index in [2.05, 4.69) is 25.5 Å². The topological polar surface area (TPSA) is 103 Å². The van der Waals surface area contributed by atoms with Crippen LogP contribution >= 0.6 is 11.6 Å². The Balaban J connectivity index is 1.83. The molecule has 8 nitrogen and oxygen atoms in total. The lowest BCUT2D eigenvalue weighted by molar-refractivity contribution is 0.0500. The van der Waals surface area contributed by atoms with Crippen LogP contribution in [0, 0.1) is 0 Å². The Morgan fingerprint density at radius 3 is 2.80 bits per heavy atom. The zero-order chi connectivity index (χ0) is 22.1. The summed E-state index contributed by atoms with van der Waals surface area (Å²) < 4.78 is 5.40. The molecule has 0 spiro atoms. The molecule has 0 saturated carbocycles. The van der Waals surface area contributed by atoms with Crippen LogP contribution in [-0.2, 0) is 4.74 Å². The number of hydrogen-bond donors (Lipinski definition) is 4. The van der Waals surface area contributed by atoms with Crippen LogP contribution in [0.15, 0.2) is 12.4 Å². The Labute approximate surface area is 182 Å². The number of hydrogen-bond acceptors (Lipinski definition) is 6. The molecule has 0 bridgehead atoms. The number of H-pyrrole nitrogens is 1. The van der Waals surface area contributed by atoms with Gasteiger partial charge in [-0.25, -0.2) is 9.78 Å². The molecule has 1 atom stereocenters. The molecule has 0 radical (unpaired) electrons. The lowest BCUT2D eigenvalue weighted by Gasteiger charge is -2.36. The van der Waals surface area contributed by atoms with Gasteiger partial charge < -0.3 is 30.4 Å². The van der Waals surface area contributed by atoms with Gasteiger partial charge in [-0.3, -0.25) is 0 Å². The van der Waals surface area contributed by atoms with Crippen molar-refractivity contribution in [2.75, 3.05) is 29.9 Å². The monoisotopic (exact) mass is 437 g/mol. The molecule has 1 saturated heterocycles.